The predicted molar refractivity (Wildman–Crippen MR) is 71.3 cm³/mol. The first-order chi connectivity index (χ1) is 7.56. The molecule has 1 unspecified atom stereocenters. The number of hydrogen-bond acceptors (Lipinski definition) is 3. The molecule has 0 saturated heterocycles. The van der Waals surface area contributed by atoms with Crippen molar-refractivity contribution < 1.29 is 0 Å². The topological polar surface area (TPSA) is 42.2 Å². The minimum absolute atomic E-state index is 0.369. The maximum atomic E-state index is 5.65. The van der Waals surface area contributed by atoms with Crippen molar-refractivity contribution in [2.75, 3.05) is 7.05 Å². The lowest BCUT2D eigenvalue weighted by molar-refractivity contribution is 0.243. The molecule has 3 nitrogen and oxygen atoms in total. The van der Waals surface area contributed by atoms with Crippen LogP contribution in [0.2, 0.25) is 0 Å². The molecular weight excluding hydrogens is 218 g/mol. The number of nitrogens with two attached hydrogens (primary N) is 1. The van der Waals surface area contributed by atoms with Crippen molar-refractivity contribution in [1.29, 1.82) is 0 Å². The molecule has 0 saturated carbocycles. The first-order valence-corrected chi connectivity index (χ1v) is 5.91. The predicted octanol–water partition coefficient (Wildman–Crippen LogP) is 1.95. The molecule has 0 fully saturated rings. The van der Waals surface area contributed by atoms with E-state index in [4.69, 9.17) is 18.0 Å². The average Bonchev–Trinajstić information content (AvgIpc) is 2.28. The van der Waals surface area contributed by atoms with Crippen LogP contribution >= 0.6 is 12.2 Å². The lowest BCUT2D eigenvalue weighted by atomic mass is 10.1. The number of thiocarbonyl (C=S) groups is 1. The van der Waals surface area contributed by atoms with E-state index in [-0.39, 0.29) is 0 Å². The fourth-order valence-electron chi connectivity index (χ4n) is 1.52. The van der Waals surface area contributed by atoms with Gasteiger partial charge in [-0.3, -0.25) is 9.88 Å². The Morgan fingerprint density at radius 2 is 2.31 bits per heavy atom. The van der Waals surface area contributed by atoms with Crippen LogP contribution in [-0.2, 0) is 6.54 Å². The highest BCUT2D eigenvalue weighted by molar-refractivity contribution is 7.80. The van der Waals surface area contributed by atoms with Crippen LogP contribution in [0, 0.1) is 0 Å². The Kier molecular flexibility index (Phi) is 4.83. The zero-order valence-electron chi connectivity index (χ0n) is 10.1. The van der Waals surface area contributed by atoms with Crippen molar-refractivity contribution in [3.8, 4) is 0 Å². The summed E-state index contributed by atoms with van der Waals surface area (Å²) in [6.45, 7) is 5.21. The zero-order valence-corrected chi connectivity index (χ0v) is 10.9. The Balaban J connectivity index is 2.84. The second-order valence-electron chi connectivity index (χ2n) is 4.05. The number of hydrogen-bond donors (Lipinski definition) is 1. The van der Waals surface area contributed by atoms with Gasteiger partial charge in [0.2, 0.25) is 0 Å². The number of rotatable bonds is 5. The largest absolute Gasteiger partial charge is 0.388 e. The van der Waals surface area contributed by atoms with Crippen molar-refractivity contribution in [3.63, 3.8) is 0 Å². The van der Waals surface area contributed by atoms with Crippen LogP contribution < -0.4 is 5.73 Å². The van der Waals surface area contributed by atoms with Crippen LogP contribution in [0.25, 0.3) is 0 Å². The molecule has 2 N–H and O–H groups in total. The van der Waals surface area contributed by atoms with E-state index in [0.29, 0.717) is 11.0 Å². The van der Waals surface area contributed by atoms with Crippen LogP contribution in [0.4, 0.5) is 0 Å². The normalized spacial score (nSPS) is 12.8. The van der Waals surface area contributed by atoms with Gasteiger partial charge in [-0.1, -0.05) is 25.2 Å². The molecule has 88 valence electrons. The maximum absolute atomic E-state index is 5.65. The van der Waals surface area contributed by atoms with Gasteiger partial charge in [0.1, 0.15) is 10.7 Å². The van der Waals surface area contributed by atoms with Gasteiger partial charge in [0, 0.05) is 18.8 Å². The smallest absolute Gasteiger partial charge is 0.123 e. The molecule has 0 aliphatic heterocycles. The molecule has 1 aromatic heterocycles. The molecule has 0 radical (unpaired) electrons. The van der Waals surface area contributed by atoms with Crippen LogP contribution in [0.1, 0.15) is 31.5 Å². The molecule has 1 heterocycles. The lowest BCUT2D eigenvalue weighted by Crippen LogP contribution is -2.29. The van der Waals surface area contributed by atoms with E-state index >= 15 is 0 Å². The first-order valence-electron chi connectivity index (χ1n) is 5.50. The van der Waals surface area contributed by atoms with Gasteiger partial charge in [0.15, 0.2) is 0 Å². The van der Waals surface area contributed by atoms with E-state index in [9.17, 15) is 0 Å². The third kappa shape index (κ3) is 3.25. The van der Waals surface area contributed by atoms with Crippen LogP contribution in [-0.4, -0.2) is 28.0 Å². The highest BCUT2D eigenvalue weighted by atomic mass is 32.1. The fraction of sp³-hybridized carbons (Fsp3) is 0.500. The molecule has 0 spiro atoms. The van der Waals surface area contributed by atoms with Crippen molar-refractivity contribution in [3.05, 3.63) is 29.6 Å². The molecule has 1 aromatic rings. The molecule has 0 amide bonds. The van der Waals surface area contributed by atoms with Crippen LogP contribution in [0.5, 0.6) is 0 Å². The summed E-state index contributed by atoms with van der Waals surface area (Å²) in [7, 11) is 2.10. The molecule has 1 rings (SSSR count). The van der Waals surface area contributed by atoms with E-state index in [1.165, 1.54) is 0 Å². The van der Waals surface area contributed by atoms with Gasteiger partial charge in [0.25, 0.3) is 0 Å². The van der Waals surface area contributed by atoms with Crippen molar-refractivity contribution >= 4 is 17.2 Å². The molecule has 0 bridgehead atoms. The average molecular weight is 237 g/mol. The molecular formula is C12H19N3S. The Morgan fingerprint density at radius 3 is 2.88 bits per heavy atom. The molecule has 4 heteroatoms. The minimum atomic E-state index is 0.369. The third-order valence-electron chi connectivity index (χ3n) is 2.89. The summed E-state index contributed by atoms with van der Waals surface area (Å²) in [5.74, 6) is 0. The van der Waals surface area contributed by atoms with Gasteiger partial charge in [-0.15, -0.1) is 0 Å². The highest BCUT2D eigenvalue weighted by Crippen LogP contribution is 2.11. The van der Waals surface area contributed by atoms with Gasteiger partial charge < -0.3 is 5.73 Å². The number of aromatic nitrogens is 1. The van der Waals surface area contributed by atoms with Crippen molar-refractivity contribution in [2.45, 2.75) is 32.9 Å². The van der Waals surface area contributed by atoms with Crippen molar-refractivity contribution in [1.82, 2.24) is 9.88 Å². The van der Waals surface area contributed by atoms with Gasteiger partial charge in [0.05, 0.1) is 0 Å². The van der Waals surface area contributed by atoms with E-state index in [0.717, 1.165) is 24.2 Å². The fourth-order valence-corrected chi connectivity index (χ4v) is 1.71. The summed E-state index contributed by atoms with van der Waals surface area (Å²) in [6.07, 6.45) is 2.85. The summed E-state index contributed by atoms with van der Waals surface area (Å²) in [5.41, 5.74) is 7.49. The van der Waals surface area contributed by atoms with Gasteiger partial charge in [-0.2, -0.15) is 0 Å². The Hall–Kier alpha value is -1.00. The number of nitrogens with zero attached hydrogens (tertiary/aromatic N) is 2. The van der Waals surface area contributed by atoms with Gasteiger partial charge in [-0.05, 0) is 32.0 Å². The maximum Gasteiger partial charge on any atom is 0.123 e. The summed E-state index contributed by atoms with van der Waals surface area (Å²) in [6, 6.07) is 4.49. The summed E-state index contributed by atoms with van der Waals surface area (Å²) in [5, 5.41) is 0. The summed E-state index contributed by atoms with van der Waals surface area (Å²) >= 11 is 4.99. The Morgan fingerprint density at radius 1 is 1.62 bits per heavy atom. The highest BCUT2D eigenvalue weighted by Gasteiger charge is 2.11. The lowest BCUT2D eigenvalue weighted by Gasteiger charge is -2.24. The second kappa shape index (κ2) is 5.92. The van der Waals surface area contributed by atoms with Crippen LogP contribution in [0.15, 0.2) is 18.3 Å². The van der Waals surface area contributed by atoms with Gasteiger partial charge >= 0.3 is 0 Å². The van der Waals surface area contributed by atoms with Crippen LogP contribution in [0.3, 0.4) is 0 Å². The van der Waals surface area contributed by atoms with E-state index < -0.39 is 0 Å². The SMILES string of the molecule is CCC(C)N(C)Cc1cccnc1C(N)=S. The number of pyridine rings is 1. The van der Waals surface area contributed by atoms with E-state index in [2.05, 4.69) is 30.8 Å². The molecule has 0 aromatic carbocycles. The standard InChI is InChI=1S/C12H19N3S/c1-4-9(2)15(3)8-10-6-5-7-14-11(10)12(13)16/h5-7,9H,4,8H2,1-3H3,(H2,13,16). The summed E-state index contributed by atoms with van der Waals surface area (Å²) < 4.78 is 0. The minimum Gasteiger partial charge on any atom is -0.388 e. The Bertz CT molecular complexity index is 365. The van der Waals surface area contributed by atoms with E-state index in [1.54, 1.807) is 6.20 Å². The van der Waals surface area contributed by atoms with E-state index in [1.807, 2.05) is 12.1 Å². The quantitative estimate of drug-likeness (QED) is 0.795. The first kappa shape index (κ1) is 13.1. The second-order valence-corrected chi connectivity index (χ2v) is 4.49. The molecule has 1 atom stereocenters. The van der Waals surface area contributed by atoms with Gasteiger partial charge in [-0.25, -0.2) is 0 Å². The molecule has 16 heavy (non-hydrogen) atoms. The monoisotopic (exact) mass is 237 g/mol. The zero-order chi connectivity index (χ0) is 12.1. The summed E-state index contributed by atoms with van der Waals surface area (Å²) in [4.78, 5) is 6.87. The molecule has 0 aliphatic rings. The van der Waals surface area contributed by atoms with Crippen molar-refractivity contribution in [2.24, 2.45) is 5.73 Å². The molecule has 0 aliphatic carbocycles. The third-order valence-corrected chi connectivity index (χ3v) is 3.08. The Labute approximate surface area is 103 Å².